The highest BCUT2D eigenvalue weighted by molar-refractivity contribution is 5.80. The van der Waals surface area contributed by atoms with Crippen molar-refractivity contribution < 1.29 is 9.47 Å². The average molecular weight is 290 g/mol. The molecule has 6 heteroatoms. The molecule has 0 fully saturated rings. The van der Waals surface area contributed by atoms with Gasteiger partial charge in [0.2, 0.25) is 0 Å². The van der Waals surface area contributed by atoms with Crippen molar-refractivity contribution in [3.05, 3.63) is 18.0 Å². The van der Waals surface area contributed by atoms with E-state index in [1.54, 1.807) is 0 Å². The Morgan fingerprint density at radius 3 is 2.62 bits per heavy atom. The van der Waals surface area contributed by atoms with E-state index in [-0.39, 0.29) is 0 Å². The molecule has 1 aromatic heterocycles. The van der Waals surface area contributed by atoms with Gasteiger partial charge in [0, 0.05) is 18.7 Å². The first-order valence-electron chi connectivity index (χ1n) is 7.32. The van der Waals surface area contributed by atoms with E-state index in [2.05, 4.69) is 28.5 Å². The molecular formula is C15H22N4O2. The van der Waals surface area contributed by atoms with Crippen molar-refractivity contribution in [3.8, 4) is 11.5 Å². The smallest absolute Gasteiger partial charge is 0.163 e. The van der Waals surface area contributed by atoms with E-state index in [1.807, 2.05) is 12.1 Å². The highest BCUT2D eigenvalue weighted by Gasteiger charge is 2.17. The Labute approximate surface area is 124 Å². The molecule has 2 heterocycles. The molecule has 2 aromatic rings. The molecule has 21 heavy (non-hydrogen) atoms. The van der Waals surface area contributed by atoms with Crippen LogP contribution in [0.25, 0.3) is 11.0 Å². The van der Waals surface area contributed by atoms with Gasteiger partial charge < -0.3 is 24.7 Å². The predicted octanol–water partition coefficient (Wildman–Crippen LogP) is 1.22. The van der Waals surface area contributed by atoms with Gasteiger partial charge in [-0.25, -0.2) is 4.98 Å². The van der Waals surface area contributed by atoms with Gasteiger partial charge >= 0.3 is 0 Å². The van der Waals surface area contributed by atoms with Crippen LogP contribution in [0.5, 0.6) is 11.5 Å². The molecule has 1 aromatic carbocycles. The minimum Gasteiger partial charge on any atom is -0.486 e. The maximum Gasteiger partial charge on any atom is 0.163 e. The van der Waals surface area contributed by atoms with Crippen LogP contribution in [-0.4, -0.2) is 48.3 Å². The first-order valence-corrected chi connectivity index (χ1v) is 7.32. The van der Waals surface area contributed by atoms with Crippen molar-refractivity contribution in [2.75, 3.05) is 33.9 Å². The molecule has 0 spiro atoms. The number of nitrogens with zero attached hydrogens (tertiary/aromatic N) is 3. The fourth-order valence-electron chi connectivity index (χ4n) is 2.66. The monoisotopic (exact) mass is 290 g/mol. The summed E-state index contributed by atoms with van der Waals surface area (Å²) in [5, 5.41) is 0. The molecule has 3 rings (SSSR count). The topological polar surface area (TPSA) is 65.5 Å². The molecule has 0 unspecified atom stereocenters. The van der Waals surface area contributed by atoms with Crippen LogP contribution >= 0.6 is 0 Å². The first kappa shape index (κ1) is 14.2. The van der Waals surface area contributed by atoms with E-state index in [4.69, 9.17) is 15.2 Å². The molecule has 1 aliphatic heterocycles. The third-order valence-electron chi connectivity index (χ3n) is 3.66. The first-order chi connectivity index (χ1) is 10.2. The van der Waals surface area contributed by atoms with Gasteiger partial charge in [-0.2, -0.15) is 0 Å². The third kappa shape index (κ3) is 2.82. The van der Waals surface area contributed by atoms with Gasteiger partial charge in [-0.15, -0.1) is 0 Å². The van der Waals surface area contributed by atoms with E-state index in [0.29, 0.717) is 19.8 Å². The maximum atomic E-state index is 5.84. The van der Waals surface area contributed by atoms with E-state index < -0.39 is 0 Å². The van der Waals surface area contributed by atoms with Crippen LogP contribution in [0.15, 0.2) is 12.1 Å². The lowest BCUT2D eigenvalue weighted by Gasteiger charge is -2.18. The minimum absolute atomic E-state index is 0.434. The minimum atomic E-state index is 0.434. The van der Waals surface area contributed by atoms with Crippen molar-refractivity contribution in [1.29, 1.82) is 0 Å². The second-order valence-electron chi connectivity index (χ2n) is 5.53. The number of hydrogen-bond acceptors (Lipinski definition) is 5. The lowest BCUT2D eigenvalue weighted by atomic mass is 10.2. The largest absolute Gasteiger partial charge is 0.486 e. The SMILES string of the molecule is CN(C)CCCn1c(CN)nc2cc3c(cc21)OCCO3. The maximum absolute atomic E-state index is 5.84. The summed E-state index contributed by atoms with van der Waals surface area (Å²) in [6, 6.07) is 3.97. The van der Waals surface area contributed by atoms with Gasteiger partial charge in [-0.05, 0) is 27.1 Å². The predicted molar refractivity (Wildman–Crippen MR) is 81.8 cm³/mol. The third-order valence-corrected chi connectivity index (χ3v) is 3.66. The van der Waals surface area contributed by atoms with Crippen molar-refractivity contribution >= 4 is 11.0 Å². The summed E-state index contributed by atoms with van der Waals surface area (Å²) in [4.78, 5) is 6.81. The normalized spacial score (nSPS) is 14.1. The van der Waals surface area contributed by atoms with Gasteiger partial charge in [0.15, 0.2) is 11.5 Å². The molecule has 0 saturated heterocycles. The Bertz CT molecular complexity index is 636. The molecule has 2 N–H and O–H groups in total. The molecule has 0 bridgehead atoms. The van der Waals surface area contributed by atoms with Crippen molar-refractivity contribution in [1.82, 2.24) is 14.5 Å². The summed E-state index contributed by atoms with van der Waals surface area (Å²) in [7, 11) is 4.16. The van der Waals surface area contributed by atoms with Crippen LogP contribution in [0, 0.1) is 0 Å². The zero-order valence-electron chi connectivity index (χ0n) is 12.6. The Kier molecular flexibility index (Phi) is 3.98. The quantitative estimate of drug-likeness (QED) is 0.897. The molecule has 6 nitrogen and oxygen atoms in total. The fraction of sp³-hybridized carbons (Fsp3) is 0.533. The lowest BCUT2D eigenvalue weighted by Crippen LogP contribution is -2.17. The molecule has 0 saturated carbocycles. The number of fused-ring (bicyclic) bond motifs is 2. The number of hydrogen-bond donors (Lipinski definition) is 1. The summed E-state index contributed by atoms with van der Waals surface area (Å²) in [5.74, 6) is 2.48. The number of rotatable bonds is 5. The van der Waals surface area contributed by atoms with Crippen LogP contribution in [-0.2, 0) is 13.1 Å². The highest BCUT2D eigenvalue weighted by Crippen LogP contribution is 2.34. The van der Waals surface area contributed by atoms with E-state index >= 15 is 0 Å². The Morgan fingerprint density at radius 2 is 1.95 bits per heavy atom. The second-order valence-corrected chi connectivity index (χ2v) is 5.53. The Morgan fingerprint density at radius 1 is 1.24 bits per heavy atom. The Balaban J connectivity index is 1.96. The van der Waals surface area contributed by atoms with Crippen LogP contribution in [0.1, 0.15) is 12.2 Å². The fourth-order valence-corrected chi connectivity index (χ4v) is 2.66. The summed E-state index contributed by atoms with van der Waals surface area (Å²) in [6.07, 6.45) is 1.06. The molecule has 1 aliphatic rings. The lowest BCUT2D eigenvalue weighted by molar-refractivity contribution is 0.172. The van der Waals surface area contributed by atoms with Crippen LogP contribution in [0.2, 0.25) is 0 Å². The molecule has 0 amide bonds. The van der Waals surface area contributed by atoms with Crippen molar-refractivity contribution in [2.45, 2.75) is 19.5 Å². The van der Waals surface area contributed by atoms with E-state index in [9.17, 15) is 0 Å². The van der Waals surface area contributed by atoms with Gasteiger partial charge in [0.1, 0.15) is 19.0 Å². The van der Waals surface area contributed by atoms with Gasteiger partial charge in [-0.3, -0.25) is 0 Å². The van der Waals surface area contributed by atoms with Crippen molar-refractivity contribution in [3.63, 3.8) is 0 Å². The summed E-state index contributed by atoms with van der Waals surface area (Å²) in [5.41, 5.74) is 7.83. The van der Waals surface area contributed by atoms with Crippen LogP contribution < -0.4 is 15.2 Å². The zero-order chi connectivity index (χ0) is 14.8. The van der Waals surface area contributed by atoms with E-state index in [1.165, 1.54) is 0 Å². The average Bonchev–Trinajstić information content (AvgIpc) is 2.82. The molecule has 0 aliphatic carbocycles. The number of benzene rings is 1. The van der Waals surface area contributed by atoms with Gasteiger partial charge in [0.25, 0.3) is 0 Å². The number of aryl methyl sites for hydroxylation is 1. The molecule has 0 radical (unpaired) electrons. The van der Waals surface area contributed by atoms with Crippen molar-refractivity contribution in [2.24, 2.45) is 5.73 Å². The van der Waals surface area contributed by atoms with Crippen LogP contribution in [0.4, 0.5) is 0 Å². The second kappa shape index (κ2) is 5.91. The molecule has 114 valence electrons. The van der Waals surface area contributed by atoms with Crippen LogP contribution in [0.3, 0.4) is 0 Å². The molecular weight excluding hydrogens is 268 g/mol. The zero-order valence-corrected chi connectivity index (χ0v) is 12.6. The van der Waals surface area contributed by atoms with E-state index in [0.717, 1.165) is 47.9 Å². The van der Waals surface area contributed by atoms with Gasteiger partial charge in [0.05, 0.1) is 17.6 Å². The number of imidazole rings is 1. The summed E-state index contributed by atoms with van der Waals surface area (Å²) in [6.45, 7) is 3.56. The Hall–Kier alpha value is -1.79. The number of aromatic nitrogens is 2. The highest BCUT2D eigenvalue weighted by atomic mass is 16.6. The molecule has 0 atom stereocenters. The number of nitrogens with two attached hydrogens (primary N) is 1. The summed E-state index contributed by atoms with van der Waals surface area (Å²) >= 11 is 0. The number of ether oxygens (including phenoxy) is 2. The summed E-state index contributed by atoms with van der Waals surface area (Å²) < 4.78 is 13.5. The van der Waals surface area contributed by atoms with Gasteiger partial charge in [-0.1, -0.05) is 0 Å². The standard InChI is InChI=1S/C15H22N4O2/c1-18(2)4-3-5-19-12-9-14-13(20-6-7-21-14)8-11(12)17-15(19)10-16/h8-9H,3-7,10,16H2,1-2H3.